The minimum atomic E-state index is 0.594. The van der Waals surface area contributed by atoms with Gasteiger partial charge >= 0.3 is 0 Å². The van der Waals surface area contributed by atoms with Crippen molar-refractivity contribution in [3.63, 3.8) is 0 Å². The molecule has 92 valence electrons. The lowest BCUT2D eigenvalue weighted by molar-refractivity contribution is 0.792. The van der Waals surface area contributed by atoms with Gasteiger partial charge in [-0.15, -0.1) is 10.2 Å². The summed E-state index contributed by atoms with van der Waals surface area (Å²) in [5.41, 5.74) is 1.07. The zero-order valence-electron chi connectivity index (χ0n) is 10.2. The Morgan fingerprint density at radius 2 is 2.06 bits per heavy atom. The third-order valence-electron chi connectivity index (χ3n) is 2.53. The Hall–Kier alpha value is -1.80. The van der Waals surface area contributed by atoms with Gasteiger partial charge in [0.25, 0.3) is 0 Å². The molecule has 0 amide bonds. The van der Waals surface area contributed by atoms with E-state index in [4.69, 9.17) is 5.26 Å². The Balaban J connectivity index is 2.08. The molecule has 1 aromatic carbocycles. The molecule has 18 heavy (non-hydrogen) atoms. The smallest absolute Gasteiger partial charge is 0.191 e. The molecule has 0 unspecified atom stereocenters. The Bertz CT molecular complexity index is 542. The summed E-state index contributed by atoms with van der Waals surface area (Å²) in [6.07, 6.45) is 1.48. The van der Waals surface area contributed by atoms with E-state index in [1.165, 1.54) is 0 Å². The van der Waals surface area contributed by atoms with Crippen LogP contribution < -0.4 is 0 Å². The van der Waals surface area contributed by atoms with Crippen molar-refractivity contribution in [3.8, 4) is 17.5 Å². The fourth-order valence-electron chi connectivity index (χ4n) is 1.59. The first-order chi connectivity index (χ1) is 8.83. The van der Waals surface area contributed by atoms with Crippen LogP contribution in [-0.4, -0.2) is 20.5 Å². The maximum atomic E-state index is 8.48. The zero-order chi connectivity index (χ0) is 12.8. The highest BCUT2D eigenvalue weighted by Gasteiger charge is 2.10. The van der Waals surface area contributed by atoms with Crippen molar-refractivity contribution in [1.29, 1.82) is 5.26 Å². The van der Waals surface area contributed by atoms with Gasteiger partial charge < -0.3 is 4.57 Å². The van der Waals surface area contributed by atoms with E-state index >= 15 is 0 Å². The molecule has 0 bridgehead atoms. The van der Waals surface area contributed by atoms with Crippen LogP contribution in [0.5, 0.6) is 0 Å². The van der Waals surface area contributed by atoms with Crippen LogP contribution in [0.4, 0.5) is 0 Å². The van der Waals surface area contributed by atoms with Gasteiger partial charge in [0.05, 0.1) is 6.07 Å². The molecule has 0 spiro atoms. The molecular weight excluding hydrogens is 244 g/mol. The molecule has 1 aromatic heterocycles. The summed E-state index contributed by atoms with van der Waals surface area (Å²) < 4.78 is 1.99. The van der Waals surface area contributed by atoms with Crippen molar-refractivity contribution < 1.29 is 0 Å². The van der Waals surface area contributed by atoms with Crippen LogP contribution in [0.15, 0.2) is 35.5 Å². The maximum absolute atomic E-state index is 8.48. The van der Waals surface area contributed by atoms with E-state index in [1.54, 1.807) is 11.8 Å². The average molecular weight is 258 g/mol. The van der Waals surface area contributed by atoms with Crippen LogP contribution in [0.3, 0.4) is 0 Å². The maximum Gasteiger partial charge on any atom is 0.191 e. The average Bonchev–Trinajstić information content (AvgIpc) is 2.77. The number of aromatic nitrogens is 3. The van der Waals surface area contributed by atoms with Crippen LogP contribution in [0, 0.1) is 11.3 Å². The predicted octanol–water partition coefficient (Wildman–Crippen LogP) is 2.88. The molecule has 4 nitrogen and oxygen atoms in total. The molecule has 0 saturated heterocycles. The van der Waals surface area contributed by atoms with Crippen molar-refractivity contribution in [2.24, 2.45) is 7.05 Å². The molecule has 0 aliphatic heterocycles. The first kappa shape index (κ1) is 12.7. The highest BCUT2D eigenvalue weighted by atomic mass is 32.2. The summed E-state index contributed by atoms with van der Waals surface area (Å²) >= 11 is 1.64. The van der Waals surface area contributed by atoms with Crippen LogP contribution in [0.2, 0.25) is 0 Å². The van der Waals surface area contributed by atoms with Gasteiger partial charge in [0.1, 0.15) is 0 Å². The molecule has 0 fully saturated rings. The minimum absolute atomic E-state index is 0.594. The molecule has 1 heterocycles. The van der Waals surface area contributed by atoms with E-state index in [0.717, 1.165) is 28.7 Å². The van der Waals surface area contributed by atoms with Crippen molar-refractivity contribution in [3.05, 3.63) is 30.3 Å². The Morgan fingerprint density at radius 3 is 2.78 bits per heavy atom. The monoisotopic (exact) mass is 258 g/mol. The SMILES string of the molecule is Cn1c(SCCCC#N)nnc1-c1ccccc1. The van der Waals surface area contributed by atoms with Crippen molar-refractivity contribution in [2.45, 2.75) is 18.0 Å². The number of hydrogen-bond donors (Lipinski definition) is 0. The number of thioether (sulfide) groups is 1. The fraction of sp³-hybridized carbons (Fsp3) is 0.308. The second-order valence-corrected chi connectivity index (χ2v) is 4.90. The van der Waals surface area contributed by atoms with Crippen LogP contribution in [-0.2, 0) is 7.05 Å². The highest BCUT2D eigenvalue weighted by Crippen LogP contribution is 2.22. The quantitative estimate of drug-likeness (QED) is 0.611. The first-order valence-corrected chi connectivity index (χ1v) is 6.76. The predicted molar refractivity (Wildman–Crippen MR) is 72.0 cm³/mol. The van der Waals surface area contributed by atoms with Gasteiger partial charge in [-0.2, -0.15) is 5.26 Å². The second kappa shape index (κ2) is 6.22. The van der Waals surface area contributed by atoms with Crippen LogP contribution >= 0.6 is 11.8 Å². The third kappa shape index (κ3) is 2.90. The van der Waals surface area contributed by atoms with Gasteiger partial charge in [-0.25, -0.2) is 0 Å². The van der Waals surface area contributed by atoms with Gasteiger partial charge in [-0.3, -0.25) is 0 Å². The van der Waals surface area contributed by atoms with E-state index in [1.807, 2.05) is 41.9 Å². The largest absolute Gasteiger partial charge is 0.305 e. The van der Waals surface area contributed by atoms with E-state index in [-0.39, 0.29) is 0 Å². The molecule has 5 heteroatoms. The first-order valence-electron chi connectivity index (χ1n) is 5.77. The van der Waals surface area contributed by atoms with E-state index < -0.39 is 0 Å². The number of unbranched alkanes of at least 4 members (excludes halogenated alkanes) is 1. The molecule has 0 radical (unpaired) electrons. The molecular formula is C13H14N4S. The van der Waals surface area contributed by atoms with Gasteiger partial charge in [0.15, 0.2) is 11.0 Å². The lowest BCUT2D eigenvalue weighted by atomic mass is 10.2. The van der Waals surface area contributed by atoms with Gasteiger partial charge in [0, 0.05) is 24.8 Å². The van der Waals surface area contributed by atoms with Crippen LogP contribution in [0.1, 0.15) is 12.8 Å². The summed E-state index contributed by atoms with van der Waals surface area (Å²) in [6.45, 7) is 0. The second-order valence-electron chi connectivity index (χ2n) is 3.84. The van der Waals surface area contributed by atoms with Crippen LogP contribution in [0.25, 0.3) is 11.4 Å². The summed E-state index contributed by atoms with van der Waals surface area (Å²) in [5.74, 6) is 1.77. The third-order valence-corrected chi connectivity index (χ3v) is 3.64. The minimum Gasteiger partial charge on any atom is -0.305 e. The van der Waals surface area contributed by atoms with E-state index in [0.29, 0.717) is 6.42 Å². The van der Waals surface area contributed by atoms with Crippen molar-refractivity contribution in [2.75, 3.05) is 5.75 Å². The van der Waals surface area contributed by atoms with E-state index in [9.17, 15) is 0 Å². The summed E-state index contributed by atoms with van der Waals surface area (Å²) in [5, 5.41) is 17.8. The standard InChI is InChI=1S/C13H14N4S/c1-17-12(11-7-3-2-4-8-11)15-16-13(17)18-10-6-5-9-14/h2-4,7-8H,5-6,10H2,1H3. The van der Waals surface area contributed by atoms with E-state index in [2.05, 4.69) is 16.3 Å². The number of rotatable bonds is 5. The molecule has 2 aromatic rings. The Labute approximate surface area is 111 Å². The Morgan fingerprint density at radius 1 is 1.28 bits per heavy atom. The zero-order valence-corrected chi connectivity index (χ0v) is 11.0. The molecule has 0 atom stereocenters. The lowest BCUT2D eigenvalue weighted by Crippen LogP contribution is -1.95. The summed E-state index contributed by atoms with van der Waals surface area (Å²) in [7, 11) is 1.97. The molecule has 0 saturated carbocycles. The lowest BCUT2D eigenvalue weighted by Gasteiger charge is -2.02. The number of nitriles is 1. The Kier molecular flexibility index (Phi) is 4.37. The molecule has 0 aliphatic carbocycles. The summed E-state index contributed by atoms with van der Waals surface area (Å²) in [6, 6.07) is 12.2. The van der Waals surface area contributed by atoms with Crippen molar-refractivity contribution in [1.82, 2.24) is 14.8 Å². The number of benzene rings is 1. The normalized spacial score (nSPS) is 10.2. The highest BCUT2D eigenvalue weighted by molar-refractivity contribution is 7.99. The molecule has 0 aliphatic rings. The fourth-order valence-corrected chi connectivity index (χ4v) is 2.44. The van der Waals surface area contributed by atoms with Gasteiger partial charge in [-0.1, -0.05) is 42.1 Å². The number of hydrogen-bond acceptors (Lipinski definition) is 4. The molecule has 2 rings (SSSR count). The van der Waals surface area contributed by atoms with Gasteiger partial charge in [-0.05, 0) is 6.42 Å². The molecule has 0 N–H and O–H groups in total. The van der Waals surface area contributed by atoms with Crippen molar-refractivity contribution >= 4 is 11.8 Å². The topological polar surface area (TPSA) is 54.5 Å². The van der Waals surface area contributed by atoms with Gasteiger partial charge in [0.2, 0.25) is 0 Å². The summed E-state index contributed by atoms with van der Waals surface area (Å²) in [4.78, 5) is 0. The number of nitrogens with zero attached hydrogens (tertiary/aromatic N) is 4.